The van der Waals surface area contributed by atoms with Crippen molar-refractivity contribution in [2.45, 2.75) is 25.8 Å². The van der Waals surface area contributed by atoms with Crippen LogP contribution >= 0.6 is 11.5 Å². The lowest BCUT2D eigenvalue weighted by molar-refractivity contribution is -0.138. The van der Waals surface area contributed by atoms with E-state index in [1.54, 1.807) is 0 Å². The average Bonchev–Trinajstić information content (AvgIpc) is 3.53. The Morgan fingerprint density at radius 3 is 2.56 bits per heavy atom. The van der Waals surface area contributed by atoms with Crippen molar-refractivity contribution in [1.29, 1.82) is 0 Å². The van der Waals surface area contributed by atoms with E-state index in [9.17, 15) is 18.8 Å². The summed E-state index contributed by atoms with van der Waals surface area (Å²) in [6.45, 7) is 3.31. The molecule has 1 aromatic heterocycles. The summed E-state index contributed by atoms with van der Waals surface area (Å²) in [6, 6.07) is 9.08. The molecule has 1 unspecified atom stereocenters. The van der Waals surface area contributed by atoms with Crippen molar-refractivity contribution >= 4 is 35.6 Å². The van der Waals surface area contributed by atoms with E-state index in [1.807, 2.05) is 29.6 Å². The lowest BCUT2D eigenvalue weighted by Crippen LogP contribution is -2.40. The summed E-state index contributed by atoms with van der Waals surface area (Å²) in [5.74, 6) is -2.38. The van der Waals surface area contributed by atoms with Gasteiger partial charge in [-0.2, -0.15) is 4.37 Å². The zero-order valence-electron chi connectivity index (χ0n) is 18.2. The van der Waals surface area contributed by atoms with Crippen molar-refractivity contribution < 1.29 is 28.6 Å². The smallest absolute Gasteiger partial charge is 0.413 e. The van der Waals surface area contributed by atoms with E-state index in [0.29, 0.717) is 22.7 Å². The van der Waals surface area contributed by atoms with Crippen LogP contribution in [-0.2, 0) is 4.79 Å². The van der Waals surface area contributed by atoms with Gasteiger partial charge in [0.1, 0.15) is 11.0 Å². The molecule has 0 bridgehead atoms. The number of carbonyl (C=O) groups excluding carboxylic acids is 2. The topological polar surface area (TPSA) is 122 Å². The van der Waals surface area contributed by atoms with Crippen LogP contribution in [0.1, 0.15) is 30.1 Å². The third kappa shape index (κ3) is 5.04. The zero-order valence-corrected chi connectivity index (χ0v) is 19.0. The fourth-order valence-corrected chi connectivity index (χ4v) is 4.22. The number of hydrogen-bond donors (Lipinski definition) is 2. The number of amides is 1. The van der Waals surface area contributed by atoms with E-state index in [0.717, 1.165) is 41.9 Å². The number of hydrogen-bond acceptors (Lipinski definition) is 8. The molecule has 1 fully saturated rings. The summed E-state index contributed by atoms with van der Waals surface area (Å²) in [5, 5.41) is 11.3. The lowest BCUT2D eigenvalue weighted by atomic mass is 10.1. The minimum absolute atomic E-state index is 0.222. The van der Waals surface area contributed by atoms with Crippen molar-refractivity contribution in [3.63, 3.8) is 0 Å². The standard InChI is InChI=1S/C23H21FN4O5S/c1-13(22(30)31)25-23(32)33-19-16(12-29)10-15(11-18(19)24)21-26-20(27-34-21)14-4-6-17(7-5-14)28-8-2-3-9-28/h4-7,10-13H,2-3,8-9H2,1H3,(H,25,32)(H,30,31). The number of nitrogens with one attached hydrogen (secondary N) is 1. The molecule has 0 saturated carbocycles. The van der Waals surface area contributed by atoms with Crippen LogP contribution in [0.15, 0.2) is 36.4 Å². The lowest BCUT2D eigenvalue weighted by Gasteiger charge is -2.17. The Bertz CT molecular complexity index is 1220. The predicted molar refractivity (Wildman–Crippen MR) is 124 cm³/mol. The quantitative estimate of drug-likeness (QED) is 0.483. The van der Waals surface area contributed by atoms with Gasteiger partial charge in [0.05, 0.1) is 5.56 Å². The highest BCUT2D eigenvalue weighted by Crippen LogP contribution is 2.32. The third-order valence-corrected chi connectivity index (χ3v) is 6.13. The fraction of sp³-hybridized carbons (Fsp3) is 0.261. The molecular formula is C23H21FN4O5S. The average molecular weight is 485 g/mol. The monoisotopic (exact) mass is 484 g/mol. The molecule has 34 heavy (non-hydrogen) atoms. The molecular weight excluding hydrogens is 463 g/mol. The first-order valence-corrected chi connectivity index (χ1v) is 11.3. The van der Waals surface area contributed by atoms with Gasteiger partial charge < -0.3 is 20.1 Å². The van der Waals surface area contributed by atoms with Gasteiger partial charge in [0, 0.05) is 29.9 Å². The summed E-state index contributed by atoms with van der Waals surface area (Å²) in [6.07, 6.45) is 1.52. The fourth-order valence-electron chi connectivity index (χ4n) is 3.55. The maximum atomic E-state index is 14.7. The molecule has 176 valence electrons. The van der Waals surface area contributed by atoms with Gasteiger partial charge >= 0.3 is 12.1 Å². The molecule has 0 radical (unpaired) electrons. The molecule has 2 heterocycles. The van der Waals surface area contributed by atoms with Crippen molar-refractivity contribution in [2.24, 2.45) is 0 Å². The number of aliphatic carboxylic acids is 1. The Morgan fingerprint density at radius 1 is 1.21 bits per heavy atom. The van der Waals surface area contributed by atoms with Gasteiger partial charge in [-0.1, -0.05) is 0 Å². The number of aldehydes is 1. The number of nitrogens with zero attached hydrogens (tertiary/aromatic N) is 3. The second kappa shape index (κ2) is 9.96. The van der Waals surface area contributed by atoms with Crippen molar-refractivity contribution in [2.75, 3.05) is 18.0 Å². The molecule has 1 aliphatic heterocycles. The van der Waals surface area contributed by atoms with Crippen molar-refractivity contribution in [3.05, 3.63) is 47.8 Å². The summed E-state index contributed by atoms with van der Waals surface area (Å²) in [5.41, 5.74) is 2.03. The van der Waals surface area contributed by atoms with Crippen LogP contribution in [0.3, 0.4) is 0 Å². The van der Waals surface area contributed by atoms with Crippen LogP contribution in [0.4, 0.5) is 14.9 Å². The second-order valence-electron chi connectivity index (χ2n) is 7.75. The van der Waals surface area contributed by atoms with E-state index < -0.39 is 29.7 Å². The minimum atomic E-state index is -1.29. The molecule has 11 heteroatoms. The summed E-state index contributed by atoms with van der Waals surface area (Å²) in [4.78, 5) is 41.0. The molecule has 3 aromatic rings. The number of carboxylic acid groups (broad SMARTS) is 1. The maximum Gasteiger partial charge on any atom is 0.413 e. The molecule has 1 aliphatic rings. The van der Waals surface area contributed by atoms with E-state index in [-0.39, 0.29) is 5.56 Å². The van der Waals surface area contributed by atoms with Crippen LogP contribution in [0.2, 0.25) is 0 Å². The molecule has 1 atom stereocenters. The summed E-state index contributed by atoms with van der Waals surface area (Å²) in [7, 11) is 0. The first kappa shape index (κ1) is 23.3. The molecule has 1 saturated heterocycles. The number of benzene rings is 2. The minimum Gasteiger partial charge on any atom is -0.480 e. The molecule has 2 N–H and O–H groups in total. The number of carbonyl (C=O) groups is 3. The summed E-state index contributed by atoms with van der Waals surface area (Å²) >= 11 is 1.05. The number of ether oxygens (including phenoxy) is 1. The van der Waals surface area contributed by atoms with Crippen LogP contribution < -0.4 is 15.0 Å². The number of halogens is 1. The van der Waals surface area contributed by atoms with Gasteiger partial charge in [-0.3, -0.25) is 9.59 Å². The number of rotatable bonds is 7. The Labute approximate surface area is 198 Å². The zero-order chi connectivity index (χ0) is 24.2. The Morgan fingerprint density at radius 2 is 1.91 bits per heavy atom. The number of carboxylic acids is 1. The van der Waals surface area contributed by atoms with Crippen molar-refractivity contribution in [3.8, 4) is 27.7 Å². The molecule has 9 nitrogen and oxygen atoms in total. The Kier molecular flexibility index (Phi) is 6.82. The first-order chi connectivity index (χ1) is 16.4. The highest BCUT2D eigenvalue weighted by molar-refractivity contribution is 7.09. The van der Waals surface area contributed by atoms with Gasteiger partial charge in [0.2, 0.25) is 0 Å². The molecule has 4 rings (SSSR count). The van der Waals surface area contributed by atoms with E-state index in [2.05, 4.69) is 14.3 Å². The van der Waals surface area contributed by atoms with Crippen LogP contribution in [-0.4, -0.2) is 51.9 Å². The predicted octanol–water partition coefficient (Wildman–Crippen LogP) is 3.99. The van der Waals surface area contributed by atoms with Crippen LogP contribution in [0, 0.1) is 5.82 Å². The normalized spacial score (nSPS) is 14.0. The van der Waals surface area contributed by atoms with Gasteiger partial charge in [0.15, 0.2) is 23.7 Å². The van der Waals surface area contributed by atoms with Crippen LogP contribution in [0.25, 0.3) is 22.0 Å². The van der Waals surface area contributed by atoms with Gasteiger partial charge in [-0.05, 0) is 67.7 Å². The van der Waals surface area contributed by atoms with Gasteiger partial charge in [-0.15, -0.1) is 0 Å². The maximum absolute atomic E-state index is 14.7. The van der Waals surface area contributed by atoms with Gasteiger partial charge in [0.25, 0.3) is 0 Å². The van der Waals surface area contributed by atoms with E-state index in [4.69, 9.17) is 9.84 Å². The Balaban J connectivity index is 1.53. The number of anilines is 1. The molecule has 2 aromatic carbocycles. The number of aromatic nitrogens is 2. The Hall–Kier alpha value is -3.86. The summed E-state index contributed by atoms with van der Waals surface area (Å²) < 4.78 is 23.9. The molecule has 0 aliphatic carbocycles. The third-order valence-electron chi connectivity index (χ3n) is 5.37. The molecule has 0 spiro atoms. The highest BCUT2D eigenvalue weighted by Gasteiger charge is 2.21. The van der Waals surface area contributed by atoms with Crippen molar-refractivity contribution in [1.82, 2.24) is 14.7 Å². The highest BCUT2D eigenvalue weighted by atomic mass is 32.1. The second-order valence-corrected chi connectivity index (χ2v) is 8.50. The molecule has 1 amide bonds. The SMILES string of the molecule is CC(NC(=O)Oc1c(F)cc(-c2nc(-c3ccc(N4CCCC4)cc3)ns2)cc1C=O)C(=O)O. The largest absolute Gasteiger partial charge is 0.480 e. The van der Waals surface area contributed by atoms with Crippen LogP contribution in [0.5, 0.6) is 5.75 Å². The van der Waals surface area contributed by atoms with Gasteiger partial charge in [-0.25, -0.2) is 14.2 Å². The van der Waals surface area contributed by atoms with E-state index in [1.165, 1.54) is 25.8 Å². The first-order valence-electron chi connectivity index (χ1n) is 10.5. The van der Waals surface area contributed by atoms with E-state index >= 15 is 0 Å².